The third-order valence-corrected chi connectivity index (χ3v) is 4.28. The monoisotopic (exact) mass is 324 g/mol. The van der Waals surface area contributed by atoms with Crippen LogP contribution in [0.3, 0.4) is 0 Å². The number of ether oxygens (including phenoxy) is 1. The Morgan fingerprint density at radius 3 is 2.90 bits per heavy atom. The van der Waals surface area contributed by atoms with Crippen LogP contribution in [0.25, 0.3) is 0 Å². The molecule has 0 saturated heterocycles. The first kappa shape index (κ1) is 16.0. The molecule has 3 nitrogen and oxygen atoms in total. The average Bonchev–Trinajstić information content (AvgIpc) is 2.96. The van der Waals surface area contributed by atoms with Gasteiger partial charge in [0.15, 0.2) is 5.78 Å². The van der Waals surface area contributed by atoms with Crippen molar-refractivity contribution in [2.45, 2.75) is 19.6 Å². The molecule has 0 bridgehead atoms. The van der Waals surface area contributed by atoms with Gasteiger partial charge in [-0.3, -0.25) is 4.79 Å². The van der Waals surface area contributed by atoms with Crippen LogP contribution in [0.5, 0.6) is 5.75 Å². The summed E-state index contributed by atoms with van der Waals surface area (Å²) in [5, 5.41) is 0.581. The molecule has 1 heterocycles. The Morgan fingerprint density at radius 2 is 2.24 bits per heavy atom. The van der Waals surface area contributed by atoms with Gasteiger partial charge < -0.3 is 9.15 Å². The second kappa shape index (κ2) is 7.57. The van der Waals surface area contributed by atoms with Crippen molar-refractivity contribution in [3.05, 3.63) is 52.4 Å². The van der Waals surface area contributed by atoms with Gasteiger partial charge in [-0.2, -0.15) is 0 Å². The van der Waals surface area contributed by atoms with Crippen molar-refractivity contribution in [2.75, 3.05) is 12.4 Å². The fourth-order valence-electron chi connectivity index (χ4n) is 1.86. The molecule has 0 aliphatic carbocycles. The number of Topliss-reactive ketones (excluding diaryl/α,β-unsaturated/α-hetero) is 1. The Balaban J connectivity index is 2.05. The maximum Gasteiger partial charge on any atom is 0.176 e. The van der Waals surface area contributed by atoms with Gasteiger partial charge in [0.25, 0.3) is 0 Å². The molecule has 112 valence electrons. The third-order valence-electron chi connectivity index (χ3n) is 2.92. The van der Waals surface area contributed by atoms with Gasteiger partial charge in [-0.25, -0.2) is 0 Å². The lowest BCUT2D eigenvalue weighted by Gasteiger charge is -2.11. The van der Waals surface area contributed by atoms with Crippen LogP contribution in [0, 0.1) is 6.92 Å². The first-order chi connectivity index (χ1) is 10.1. The summed E-state index contributed by atoms with van der Waals surface area (Å²) in [6, 6.07) is 7.24. The molecule has 0 aliphatic heterocycles. The van der Waals surface area contributed by atoms with Crippen LogP contribution in [0.1, 0.15) is 28.6 Å². The Kier molecular flexibility index (Phi) is 5.76. The van der Waals surface area contributed by atoms with Gasteiger partial charge in [-0.1, -0.05) is 11.6 Å². The highest BCUT2D eigenvalue weighted by molar-refractivity contribution is 7.99. The first-order valence-corrected chi connectivity index (χ1v) is 8.21. The molecule has 0 radical (unpaired) electrons. The van der Waals surface area contributed by atoms with Crippen molar-refractivity contribution in [3.63, 3.8) is 0 Å². The fraction of sp³-hybridized carbons (Fsp3) is 0.312. The summed E-state index contributed by atoms with van der Waals surface area (Å²) in [5.41, 5.74) is 1.44. The summed E-state index contributed by atoms with van der Waals surface area (Å²) >= 11 is 7.62. The second-order valence-corrected chi connectivity index (χ2v) is 5.92. The van der Waals surface area contributed by atoms with Crippen LogP contribution >= 0.6 is 23.4 Å². The molecular weight excluding hydrogens is 308 g/mol. The van der Waals surface area contributed by atoms with Crippen LogP contribution in [0.4, 0.5) is 0 Å². The van der Waals surface area contributed by atoms with Crippen LogP contribution in [-0.4, -0.2) is 18.1 Å². The Bertz CT molecular complexity index is 608. The lowest BCUT2D eigenvalue weighted by Crippen LogP contribution is -2.07. The lowest BCUT2D eigenvalue weighted by molar-refractivity contribution is 0.101. The Morgan fingerprint density at radius 1 is 1.43 bits per heavy atom. The number of aryl methyl sites for hydroxylation is 1. The molecule has 0 aliphatic rings. The van der Waals surface area contributed by atoms with E-state index in [9.17, 15) is 4.79 Å². The number of thioether (sulfide) groups is 1. The van der Waals surface area contributed by atoms with Crippen LogP contribution < -0.4 is 4.74 Å². The Labute approximate surface area is 133 Å². The lowest BCUT2D eigenvalue weighted by atomic mass is 10.1. The minimum atomic E-state index is 0.0110. The molecular formula is C16H17ClO3S. The van der Waals surface area contributed by atoms with E-state index in [1.807, 2.05) is 32.0 Å². The van der Waals surface area contributed by atoms with E-state index in [2.05, 4.69) is 0 Å². The minimum Gasteiger partial charge on any atom is -0.493 e. The second-order valence-electron chi connectivity index (χ2n) is 4.53. The zero-order chi connectivity index (χ0) is 15.2. The first-order valence-electron chi connectivity index (χ1n) is 6.68. The van der Waals surface area contributed by atoms with E-state index in [1.165, 1.54) is 11.8 Å². The van der Waals surface area contributed by atoms with Crippen molar-refractivity contribution in [2.24, 2.45) is 0 Å². The molecule has 1 aromatic heterocycles. The smallest absolute Gasteiger partial charge is 0.176 e. The Hall–Kier alpha value is -1.39. The summed E-state index contributed by atoms with van der Waals surface area (Å²) < 4.78 is 10.8. The van der Waals surface area contributed by atoms with Crippen molar-refractivity contribution in [1.82, 2.24) is 0 Å². The van der Waals surface area contributed by atoms with E-state index >= 15 is 0 Å². The van der Waals surface area contributed by atoms with Crippen molar-refractivity contribution >= 4 is 29.1 Å². The van der Waals surface area contributed by atoms with E-state index in [0.717, 1.165) is 11.3 Å². The largest absolute Gasteiger partial charge is 0.493 e. The van der Waals surface area contributed by atoms with E-state index in [4.69, 9.17) is 20.8 Å². The molecule has 0 fully saturated rings. The zero-order valence-electron chi connectivity index (χ0n) is 12.0. The molecule has 0 unspecified atom stereocenters. The van der Waals surface area contributed by atoms with Crippen LogP contribution in [0.2, 0.25) is 5.02 Å². The minimum absolute atomic E-state index is 0.0110. The van der Waals surface area contributed by atoms with E-state index in [0.29, 0.717) is 34.4 Å². The predicted octanol–water partition coefficient (Wildman–Crippen LogP) is 4.76. The molecule has 2 rings (SSSR count). The van der Waals surface area contributed by atoms with Crippen LogP contribution in [0.15, 0.2) is 34.9 Å². The van der Waals surface area contributed by atoms with Gasteiger partial charge >= 0.3 is 0 Å². The summed E-state index contributed by atoms with van der Waals surface area (Å²) in [6.07, 6.45) is 1.63. The summed E-state index contributed by atoms with van der Waals surface area (Å²) in [7, 11) is 0. The molecule has 1 aromatic carbocycles. The number of furan rings is 1. The molecule has 0 saturated carbocycles. The van der Waals surface area contributed by atoms with Gasteiger partial charge in [-0.15, -0.1) is 11.8 Å². The molecule has 21 heavy (non-hydrogen) atoms. The number of carbonyl (C=O) groups excluding carboxylic acids is 1. The molecule has 0 N–H and O–H groups in total. The maximum atomic E-state index is 12.3. The molecule has 0 spiro atoms. The summed E-state index contributed by atoms with van der Waals surface area (Å²) in [6.45, 7) is 4.30. The maximum absolute atomic E-state index is 12.3. The van der Waals surface area contributed by atoms with Gasteiger partial charge in [0.2, 0.25) is 0 Å². The van der Waals surface area contributed by atoms with Crippen molar-refractivity contribution < 1.29 is 13.9 Å². The molecule has 0 atom stereocenters. The molecule has 0 amide bonds. The summed E-state index contributed by atoms with van der Waals surface area (Å²) in [4.78, 5) is 12.3. The highest BCUT2D eigenvalue weighted by Gasteiger charge is 2.15. The standard InChI is InChI=1S/C16H17ClO3S/c1-3-19-16-7-11(2)14(17)8-13(16)15(18)10-21-9-12-5-4-6-20-12/h4-8H,3,9-10H2,1-2H3. The normalized spacial score (nSPS) is 10.6. The van der Waals surface area contributed by atoms with E-state index in [1.54, 1.807) is 12.3 Å². The number of ketones is 1. The van der Waals surface area contributed by atoms with E-state index < -0.39 is 0 Å². The highest BCUT2D eigenvalue weighted by Crippen LogP contribution is 2.28. The van der Waals surface area contributed by atoms with Gasteiger partial charge in [0.1, 0.15) is 11.5 Å². The van der Waals surface area contributed by atoms with Gasteiger partial charge in [-0.05, 0) is 43.7 Å². The summed E-state index contributed by atoms with van der Waals surface area (Å²) in [5.74, 6) is 2.50. The number of benzene rings is 1. The SMILES string of the molecule is CCOc1cc(C)c(Cl)cc1C(=O)CSCc1ccco1. The molecule has 2 aromatic rings. The number of halogens is 1. The van der Waals surface area contributed by atoms with Crippen LogP contribution in [-0.2, 0) is 5.75 Å². The zero-order valence-corrected chi connectivity index (χ0v) is 13.6. The predicted molar refractivity (Wildman–Crippen MR) is 86.6 cm³/mol. The number of carbonyl (C=O) groups is 1. The number of hydrogen-bond acceptors (Lipinski definition) is 4. The molecule has 5 heteroatoms. The van der Waals surface area contributed by atoms with Gasteiger partial charge in [0, 0.05) is 5.02 Å². The highest BCUT2D eigenvalue weighted by atomic mass is 35.5. The van der Waals surface area contributed by atoms with E-state index in [-0.39, 0.29) is 5.78 Å². The topological polar surface area (TPSA) is 39.4 Å². The average molecular weight is 325 g/mol. The fourth-order valence-corrected chi connectivity index (χ4v) is 2.84. The number of hydrogen-bond donors (Lipinski definition) is 0. The van der Waals surface area contributed by atoms with Crippen molar-refractivity contribution in [3.8, 4) is 5.75 Å². The van der Waals surface area contributed by atoms with Gasteiger partial charge in [0.05, 0.1) is 29.9 Å². The third kappa shape index (κ3) is 4.29. The number of rotatable bonds is 7. The quantitative estimate of drug-likeness (QED) is 0.689. The van der Waals surface area contributed by atoms with Crippen molar-refractivity contribution in [1.29, 1.82) is 0 Å².